The van der Waals surface area contributed by atoms with Crippen LogP contribution in [0.5, 0.6) is 0 Å². The summed E-state index contributed by atoms with van der Waals surface area (Å²) in [5.74, 6) is -0.103. The number of carbonyl (C=O) groups is 1. The van der Waals surface area contributed by atoms with Gasteiger partial charge in [-0.3, -0.25) is 4.79 Å². The van der Waals surface area contributed by atoms with Crippen LogP contribution in [0.25, 0.3) is 11.1 Å². The van der Waals surface area contributed by atoms with E-state index in [2.05, 4.69) is 28.4 Å². The predicted molar refractivity (Wildman–Crippen MR) is 109 cm³/mol. The van der Waals surface area contributed by atoms with Gasteiger partial charge in [-0.25, -0.2) is 0 Å². The average Bonchev–Trinajstić information content (AvgIpc) is 2.75. The number of nitrogens with one attached hydrogen (secondary N) is 1. The Morgan fingerprint density at radius 1 is 0.815 bits per heavy atom. The van der Waals surface area contributed by atoms with Crippen molar-refractivity contribution in [1.82, 2.24) is 0 Å². The lowest BCUT2D eigenvalue weighted by Gasteiger charge is -2.29. The summed E-state index contributed by atoms with van der Waals surface area (Å²) in [7, 11) is 0. The second-order valence-electron chi connectivity index (χ2n) is 6.55. The maximum atomic E-state index is 12.6. The van der Waals surface area contributed by atoms with E-state index in [0.717, 1.165) is 48.8 Å². The first-order chi connectivity index (χ1) is 13.3. The first kappa shape index (κ1) is 17.3. The zero-order valence-corrected chi connectivity index (χ0v) is 15.1. The summed E-state index contributed by atoms with van der Waals surface area (Å²) >= 11 is 0. The van der Waals surface area contributed by atoms with Crippen LogP contribution in [-0.2, 0) is 4.74 Å². The van der Waals surface area contributed by atoms with E-state index in [9.17, 15) is 4.79 Å². The predicted octanol–water partition coefficient (Wildman–Crippen LogP) is 4.44. The van der Waals surface area contributed by atoms with E-state index in [1.807, 2.05) is 60.7 Å². The third kappa shape index (κ3) is 4.18. The van der Waals surface area contributed by atoms with Crippen LogP contribution in [0, 0.1) is 0 Å². The van der Waals surface area contributed by atoms with Crippen LogP contribution in [-0.4, -0.2) is 32.2 Å². The summed E-state index contributed by atoms with van der Waals surface area (Å²) in [6, 6.07) is 25.8. The number of anilines is 2. The van der Waals surface area contributed by atoms with Crippen molar-refractivity contribution in [2.24, 2.45) is 0 Å². The van der Waals surface area contributed by atoms with E-state index < -0.39 is 0 Å². The number of morpholine rings is 1. The molecule has 1 amide bonds. The van der Waals surface area contributed by atoms with Crippen molar-refractivity contribution in [3.05, 3.63) is 84.4 Å². The fourth-order valence-corrected chi connectivity index (χ4v) is 3.25. The van der Waals surface area contributed by atoms with Crippen LogP contribution in [0.15, 0.2) is 78.9 Å². The van der Waals surface area contributed by atoms with E-state index >= 15 is 0 Å². The fourth-order valence-electron chi connectivity index (χ4n) is 3.25. The van der Waals surface area contributed by atoms with E-state index in [-0.39, 0.29) is 5.91 Å². The Morgan fingerprint density at radius 3 is 2.26 bits per heavy atom. The summed E-state index contributed by atoms with van der Waals surface area (Å²) in [6.07, 6.45) is 0. The molecule has 4 nitrogen and oxygen atoms in total. The highest BCUT2D eigenvalue weighted by atomic mass is 16.5. The van der Waals surface area contributed by atoms with Crippen LogP contribution in [0.2, 0.25) is 0 Å². The molecule has 1 saturated heterocycles. The Hall–Kier alpha value is -3.11. The number of ether oxygens (including phenoxy) is 1. The second-order valence-corrected chi connectivity index (χ2v) is 6.55. The van der Waals surface area contributed by atoms with Gasteiger partial charge in [0.05, 0.1) is 13.2 Å². The molecule has 4 heteroatoms. The molecular formula is C23H22N2O2. The molecule has 1 aliphatic rings. The van der Waals surface area contributed by atoms with Crippen LogP contribution < -0.4 is 10.2 Å². The first-order valence-corrected chi connectivity index (χ1v) is 9.19. The van der Waals surface area contributed by atoms with E-state index in [4.69, 9.17) is 4.74 Å². The molecule has 136 valence electrons. The zero-order chi connectivity index (χ0) is 18.5. The Bertz CT molecular complexity index is 901. The topological polar surface area (TPSA) is 41.6 Å². The molecule has 0 spiro atoms. The van der Waals surface area contributed by atoms with Gasteiger partial charge in [-0.2, -0.15) is 0 Å². The lowest BCUT2D eigenvalue weighted by Crippen LogP contribution is -2.36. The molecule has 1 fully saturated rings. The molecule has 0 atom stereocenters. The van der Waals surface area contributed by atoms with Gasteiger partial charge in [0.15, 0.2) is 0 Å². The van der Waals surface area contributed by atoms with Crippen molar-refractivity contribution in [2.75, 3.05) is 36.5 Å². The number of carbonyl (C=O) groups excluding carboxylic acids is 1. The van der Waals surface area contributed by atoms with Crippen LogP contribution >= 0.6 is 0 Å². The molecule has 0 radical (unpaired) electrons. The first-order valence-electron chi connectivity index (χ1n) is 9.19. The molecule has 0 unspecified atom stereocenters. The highest BCUT2D eigenvalue weighted by Crippen LogP contribution is 2.22. The highest BCUT2D eigenvalue weighted by molar-refractivity contribution is 6.04. The van der Waals surface area contributed by atoms with Crippen LogP contribution in [0.4, 0.5) is 11.4 Å². The van der Waals surface area contributed by atoms with Crippen LogP contribution in [0.1, 0.15) is 10.4 Å². The third-order valence-electron chi connectivity index (χ3n) is 4.73. The molecule has 27 heavy (non-hydrogen) atoms. The lowest BCUT2D eigenvalue weighted by atomic mass is 10.0. The van der Waals surface area contributed by atoms with Gasteiger partial charge in [-0.05, 0) is 41.5 Å². The second kappa shape index (κ2) is 8.06. The number of hydrogen-bond acceptors (Lipinski definition) is 3. The normalized spacial score (nSPS) is 14.0. The van der Waals surface area contributed by atoms with E-state index in [0.29, 0.717) is 5.56 Å². The Labute approximate surface area is 159 Å². The Kier molecular flexibility index (Phi) is 5.17. The van der Waals surface area contributed by atoms with E-state index in [1.165, 1.54) is 0 Å². The minimum atomic E-state index is -0.103. The van der Waals surface area contributed by atoms with Crippen molar-refractivity contribution < 1.29 is 9.53 Å². The highest BCUT2D eigenvalue weighted by Gasteiger charge is 2.12. The van der Waals surface area contributed by atoms with Crippen molar-refractivity contribution in [2.45, 2.75) is 0 Å². The van der Waals surface area contributed by atoms with Gasteiger partial charge in [0, 0.05) is 30.0 Å². The summed E-state index contributed by atoms with van der Waals surface area (Å²) in [5, 5.41) is 3.00. The molecule has 1 N–H and O–H groups in total. The number of amides is 1. The standard InChI is InChI=1S/C23H22N2O2/c26-23(20-11-9-19(10-12-20)18-5-2-1-3-6-18)24-21-7-4-8-22(17-21)25-13-15-27-16-14-25/h1-12,17H,13-16H2,(H,24,26). The molecular weight excluding hydrogens is 336 g/mol. The van der Waals surface area contributed by atoms with Crippen molar-refractivity contribution in [3.63, 3.8) is 0 Å². The Balaban J connectivity index is 1.46. The van der Waals surface area contributed by atoms with Gasteiger partial charge in [0.25, 0.3) is 5.91 Å². The smallest absolute Gasteiger partial charge is 0.255 e. The maximum absolute atomic E-state index is 12.6. The van der Waals surface area contributed by atoms with Gasteiger partial charge in [0.1, 0.15) is 0 Å². The van der Waals surface area contributed by atoms with Crippen LogP contribution in [0.3, 0.4) is 0 Å². The molecule has 1 heterocycles. The summed E-state index contributed by atoms with van der Waals surface area (Å²) in [4.78, 5) is 14.9. The molecule has 4 rings (SSSR count). The number of nitrogens with zero attached hydrogens (tertiary/aromatic N) is 1. The van der Waals surface area contributed by atoms with Gasteiger partial charge in [0.2, 0.25) is 0 Å². The molecule has 0 bridgehead atoms. The summed E-state index contributed by atoms with van der Waals surface area (Å²) in [5.41, 5.74) is 4.79. The number of rotatable bonds is 4. The number of hydrogen-bond donors (Lipinski definition) is 1. The average molecular weight is 358 g/mol. The van der Waals surface area contributed by atoms with Crippen molar-refractivity contribution in [3.8, 4) is 11.1 Å². The quantitative estimate of drug-likeness (QED) is 0.749. The third-order valence-corrected chi connectivity index (χ3v) is 4.73. The molecule has 0 saturated carbocycles. The van der Waals surface area contributed by atoms with Gasteiger partial charge >= 0.3 is 0 Å². The SMILES string of the molecule is O=C(Nc1cccc(N2CCOCC2)c1)c1ccc(-c2ccccc2)cc1. The largest absolute Gasteiger partial charge is 0.378 e. The molecule has 3 aromatic rings. The van der Waals surface area contributed by atoms with E-state index in [1.54, 1.807) is 0 Å². The zero-order valence-electron chi connectivity index (χ0n) is 15.1. The Morgan fingerprint density at radius 2 is 1.52 bits per heavy atom. The number of benzene rings is 3. The lowest BCUT2D eigenvalue weighted by molar-refractivity contribution is 0.102. The maximum Gasteiger partial charge on any atom is 0.255 e. The fraction of sp³-hybridized carbons (Fsp3) is 0.174. The molecule has 3 aromatic carbocycles. The molecule has 0 aliphatic carbocycles. The molecule has 0 aromatic heterocycles. The monoisotopic (exact) mass is 358 g/mol. The van der Waals surface area contributed by atoms with Gasteiger partial charge < -0.3 is 15.0 Å². The van der Waals surface area contributed by atoms with Crippen molar-refractivity contribution >= 4 is 17.3 Å². The minimum absolute atomic E-state index is 0.103. The van der Waals surface area contributed by atoms with Gasteiger partial charge in [-0.15, -0.1) is 0 Å². The molecule has 1 aliphatic heterocycles. The van der Waals surface area contributed by atoms with Crippen molar-refractivity contribution in [1.29, 1.82) is 0 Å². The van der Waals surface area contributed by atoms with Gasteiger partial charge in [-0.1, -0.05) is 48.5 Å². The summed E-state index contributed by atoms with van der Waals surface area (Å²) < 4.78 is 5.40. The summed E-state index contributed by atoms with van der Waals surface area (Å²) in [6.45, 7) is 3.23. The minimum Gasteiger partial charge on any atom is -0.378 e.